The molecule has 0 atom stereocenters. The number of rotatable bonds is 5. The molecule has 1 heterocycles. The van der Waals surface area contributed by atoms with Crippen molar-refractivity contribution in [2.45, 2.75) is 40.0 Å². The number of benzene rings is 2. The van der Waals surface area contributed by atoms with E-state index >= 15 is 0 Å². The maximum Gasteiger partial charge on any atom is 0.228 e. The molecule has 0 aliphatic heterocycles. The zero-order chi connectivity index (χ0) is 18.8. The van der Waals surface area contributed by atoms with Gasteiger partial charge in [0.15, 0.2) is 0 Å². The molecule has 0 fully saturated rings. The summed E-state index contributed by atoms with van der Waals surface area (Å²) in [5.74, 6) is 1.14. The zero-order valence-electron chi connectivity index (χ0n) is 16.1. The van der Waals surface area contributed by atoms with Crippen LogP contribution in [0.3, 0.4) is 0 Å². The van der Waals surface area contributed by atoms with Crippen LogP contribution in [0.4, 0.5) is 5.69 Å². The van der Waals surface area contributed by atoms with E-state index in [-0.39, 0.29) is 5.91 Å². The molecule has 0 saturated heterocycles. The van der Waals surface area contributed by atoms with Gasteiger partial charge in [-0.15, -0.1) is 0 Å². The average Bonchev–Trinajstić information content (AvgIpc) is 2.91. The van der Waals surface area contributed by atoms with Crippen molar-refractivity contribution < 1.29 is 9.53 Å². The van der Waals surface area contributed by atoms with Crippen LogP contribution in [0.25, 0.3) is 10.9 Å². The Bertz CT molecular complexity index is 954. The summed E-state index contributed by atoms with van der Waals surface area (Å²) in [5, 5.41) is 4.17. The van der Waals surface area contributed by atoms with E-state index in [0.717, 1.165) is 44.7 Å². The van der Waals surface area contributed by atoms with Crippen LogP contribution in [-0.4, -0.2) is 18.0 Å². The van der Waals surface area contributed by atoms with Gasteiger partial charge in [0.25, 0.3) is 0 Å². The summed E-state index contributed by atoms with van der Waals surface area (Å²) in [5.41, 5.74) is 6.22. The zero-order valence-corrected chi connectivity index (χ0v) is 16.1. The summed E-state index contributed by atoms with van der Waals surface area (Å²) in [6, 6.07) is 12.0. The first-order valence-corrected chi connectivity index (χ1v) is 8.95. The van der Waals surface area contributed by atoms with Gasteiger partial charge in [0, 0.05) is 22.3 Å². The lowest BCUT2D eigenvalue weighted by molar-refractivity contribution is -0.115. The molecule has 1 aromatic heterocycles. The highest BCUT2D eigenvalue weighted by molar-refractivity contribution is 5.97. The molecular weight excluding hydrogens is 324 g/mol. The number of aryl methyl sites for hydroxylation is 2. The molecule has 2 aromatic carbocycles. The molecule has 0 radical (unpaired) electrons. The highest BCUT2D eigenvalue weighted by atomic mass is 16.5. The highest BCUT2D eigenvalue weighted by Crippen LogP contribution is 2.29. The second-order valence-corrected chi connectivity index (χ2v) is 7.06. The van der Waals surface area contributed by atoms with Gasteiger partial charge in [0.1, 0.15) is 5.75 Å². The van der Waals surface area contributed by atoms with Crippen LogP contribution in [0.15, 0.2) is 36.4 Å². The van der Waals surface area contributed by atoms with Crippen molar-refractivity contribution in [3.8, 4) is 5.75 Å². The van der Waals surface area contributed by atoms with E-state index in [4.69, 9.17) is 4.74 Å². The molecule has 0 unspecified atom stereocenters. The summed E-state index contributed by atoms with van der Waals surface area (Å²) < 4.78 is 5.33. The Morgan fingerprint density at radius 1 is 1.19 bits per heavy atom. The molecule has 0 spiro atoms. The normalized spacial score (nSPS) is 11.2. The second-order valence-electron chi connectivity index (χ2n) is 7.06. The molecular formula is C22H26N2O2. The van der Waals surface area contributed by atoms with Crippen molar-refractivity contribution >= 4 is 22.5 Å². The maximum absolute atomic E-state index is 12.8. The second kappa shape index (κ2) is 7.24. The lowest BCUT2D eigenvalue weighted by atomic mass is 9.98. The predicted octanol–water partition coefficient (Wildman–Crippen LogP) is 5.10. The van der Waals surface area contributed by atoms with Crippen molar-refractivity contribution in [3.05, 3.63) is 58.8 Å². The number of anilines is 1. The van der Waals surface area contributed by atoms with Gasteiger partial charge in [-0.25, -0.2) is 0 Å². The molecule has 0 saturated carbocycles. The summed E-state index contributed by atoms with van der Waals surface area (Å²) >= 11 is 0. The molecule has 4 nitrogen and oxygen atoms in total. The van der Waals surface area contributed by atoms with Gasteiger partial charge in [0.2, 0.25) is 5.91 Å². The molecule has 1 amide bonds. The third-order valence-corrected chi connectivity index (χ3v) is 4.86. The number of hydrogen-bond acceptors (Lipinski definition) is 2. The quantitative estimate of drug-likeness (QED) is 0.673. The highest BCUT2D eigenvalue weighted by Gasteiger charge is 2.16. The lowest BCUT2D eigenvalue weighted by Crippen LogP contribution is -2.17. The van der Waals surface area contributed by atoms with Gasteiger partial charge in [-0.3, -0.25) is 4.79 Å². The minimum absolute atomic E-state index is 0.00646. The van der Waals surface area contributed by atoms with Crippen LogP contribution in [0.2, 0.25) is 0 Å². The summed E-state index contributed by atoms with van der Waals surface area (Å²) in [4.78, 5) is 16.2. The molecule has 136 valence electrons. The fourth-order valence-corrected chi connectivity index (χ4v) is 3.40. The standard InChI is InChI=1S/C22H26N2O2/c1-13(2)17-8-6-7-14(3)22(17)24-21(25)12-18-15(4)23-20-10-9-16(26-5)11-19(18)20/h6-11,13,23H,12H2,1-5H3,(H,24,25). The van der Waals surface area contributed by atoms with E-state index in [9.17, 15) is 4.79 Å². The van der Waals surface area contributed by atoms with Crippen LogP contribution < -0.4 is 10.1 Å². The van der Waals surface area contributed by atoms with Crippen LogP contribution in [0, 0.1) is 13.8 Å². The molecule has 0 aliphatic rings. The van der Waals surface area contributed by atoms with Crippen LogP contribution in [0.1, 0.15) is 42.1 Å². The van der Waals surface area contributed by atoms with E-state index < -0.39 is 0 Å². The first-order valence-electron chi connectivity index (χ1n) is 8.95. The smallest absolute Gasteiger partial charge is 0.228 e. The third-order valence-electron chi connectivity index (χ3n) is 4.86. The number of aromatic amines is 1. The number of nitrogens with one attached hydrogen (secondary N) is 2. The molecule has 0 bridgehead atoms. The molecule has 2 N–H and O–H groups in total. The van der Waals surface area contributed by atoms with Crippen molar-refractivity contribution in [3.63, 3.8) is 0 Å². The van der Waals surface area contributed by atoms with Gasteiger partial charge >= 0.3 is 0 Å². The number of ether oxygens (including phenoxy) is 1. The van der Waals surface area contributed by atoms with Gasteiger partial charge in [-0.2, -0.15) is 0 Å². The summed E-state index contributed by atoms with van der Waals surface area (Å²) in [7, 11) is 1.65. The third kappa shape index (κ3) is 3.45. The molecule has 26 heavy (non-hydrogen) atoms. The minimum atomic E-state index is -0.00646. The van der Waals surface area contributed by atoms with Gasteiger partial charge in [-0.05, 0) is 54.7 Å². The minimum Gasteiger partial charge on any atom is -0.497 e. The van der Waals surface area contributed by atoms with Crippen molar-refractivity contribution in [2.24, 2.45) is 0 Å². The molecule has 3 aromatic rings. The largest absolute Gasteiger partial charge is 0.497 e. The van der Waals surface area contributed by atoms with E-state index in [1.165, 1.54) is 0 Å². The number of H-pyrrole nitrogens is 1. The Morgan fingerprint density at radius 3 is 2.65 bits per heavy atom. The summed E-state index contributed by atoms with van der Waals surface area (Å²) in [6.07, 6.45) is 0.324. The number of aromatic nitrogens is 1. The van der Waals surface area contributed by atoms with E-state index in [1.807, 2.05) is 44.2 Å². The number of methoxy groups -OCH3 is 1. The van der Waals surface area contributed by atoms with Crippen molar-refractivity contribution in [2.75, 3.05) is 12.4 Å². The van der Waals surface area contributed by atoms with Crippen LogP contribution >= 0.6 is 0 Å². The predicted molar refractivity (Wildman–Crippen MR) is 107 cm³/mol. The van der Waals surface area contributed by atoms with Gasteiger partial charge in [0.05, 0.1) is 13.5 Å². The fraction of sp³-hybridized carbons (Fsp3) is 0.318. The molecule has 0 aliphatic carbocycles. The van der Waals surface area contributed by atoms with Crippen LogP contribution in [-0.2, 0) is 11.2 Å². The van der Waals surface area contributed by atoms with E-state index in [1.54, 1.807) is 7.11 Å². The van der Waals surface area contributed by atoms with Gasteiger partial charge < -0.3 is 15.0 Å². The summed E-state index contributed by atoms with van der Waals surface area (Å²) in [6.45, 7) is 8.31. The number of carbonyl (C=O) groups excluding carboxylic acids is 1. The monoisotopic (exact) mass is 350 g/mol. The Kier molecular flexibility index (Phi) is 5.03. The van der Waals surface area contributed by atoms with Crippen molar-refractivity contribution in [1.29, 1.82) is 0 Å². The Labute approximate surface area is 154 Å². The fourth-order valence-electron chi connectivity index (χ4n) is 3.40. The molecule has 4 heteroatoms. The SMILES string of the molecule is COc1ccc2[nH]c(C)c(CC(=O)Nc3c(C)cccc3C(C)C)c2c1. The Morgan fingerprint density at radius 2 is 1.96 bits per heavy atom. The van der Waals surface area contributed by atoms with E-state index in [2.05, 4.69) is 30.2 Å². The first-order chi connectivity index (χ1) is 12.4. The number of fused-ring (bicyclic) bond motifs is 1. The topological polar surface area (TPSA) is 54.1 Å². The van der Waals surface area contributed by atoms with Gasteiger partial charge in [-0.1, -0.05) is 32.0 Å². The number of hydrogen-bond donors (Lipinski definition) is 2. The lowest BCUT2D eigenvalue weighted by Gasteiger charge is -2.16. The van der Waals surface area contributed by atoms with Crippen molar-refractivity contribution in [1.82, 2.24) is 4.98 Å². The number of amides is 1. The first kappa shape index (κ1) is 18.1. The van der Waals surface area contributed by atoms with Crippen LogP contribution in [0.5, 0.6) is 5.75 Å². The number of carbonyl (C=O) groups is 1. The maximum atomic E-state index is 12.8. The Balaban J connectivity index is 1.90. The van der Waals surface area contributed by atoms with E-state index in [0.29, 0.717) is 12.3 Å². The average molecular weight is 350 g/mol. The number of para-hydroxylation sites is 1. The Hall–Kier alpha value is -2.75. The molecule has 3 rings (SSSR count).